The van der Waals surface area contributed by atoms with Crippen molar-refractivity contribution in [3.05, 3.63) is 17.0 Å². The second kappa shape index (κ2) is 5.40. The molecule has 1 N–H and O–H groups in total. The highest BCUT2D eigenvalue weighted by atomic mass is 32.2. The van der Waals surface area contributed by atoms with E-state index in [1.807, 2.05) is 6.07 Å². The van der Waals surface area contributed by atoms with Crippen LogP contribution in [-0.2, 0) is 16.6 Å². The van der Waals surface area contributed by atoms with Gasteiger partial charge in [0.15, 0.2) is 0 Å². The van der Waals surface area contributed by atoms with Crippen LogP contribution in [0.25, 0.3) is 0 Å². The van der Waals surface area contributed by atoms with Crippen LogP contribution in [0.2, 0.25) is 0 Å². The summed E-state index contributed by atoms with van der Waals surface area (Å²) in [6, 6.07) is 4.36. The highest BCUT2D eigenvalue weighted by Crippen LogP contribution is 2.41. The maximum absolute atomic E-state index is 12.7. The minimum absolute atomic E-state index is 0.254. The van der Waals surface area contributed by atoms with Crippen molar-refractivity contribution in [2.24, 2.45) is 5.92 Å². The lowest BCUT2D eigenvalue weighted by molar-refractivity contribution is 0.334. The van der Waals surface area contributed by atoms with E-state index in [9.17, 15) is 8.42 Å². The number of piperidine rings is 1. The lowest BCUT2D eigenvalue weighted by atomic mass is 10.1. The summed E-state index contributed by atoms with van der Waals surface area (Å²) < 4.78 is 27.6. The van der Waals surface area contributed by atoms with Crippen molar-refractivity contribution < 1.29 is 8.42 Å². The minimum atomic E-state index is -3.26. The SMILES string of the molecule is CC(C)NCc1ccc(S(=O)(=O)N2CC3CCC2C3)s1. The molecule has 2 atom stereocenters. The van der Waals surface area contributed by atoms with Gasteiger partial charge in [0.1, 0.15) is 4.21 Å². The van der Waals surface area contributed by atoms with E-state index in [2.05, 4.69) is 19.2 Å². The molecule has 1 aromatic heterocycles. The van der Waals surface area contributed by atoms with Gasteiger partial charge < -0.3 is 5.32 Å². The summed E-state index contributed by atoms with van der Waals surface area (Å²) in [5, 5.41) is 3.33. The Hall–Kier alpha value is -0.430. The number of hydrogen-bond acceptors (Lipinski definition) is 4. The third-order valence-electron chi connectivity index (χ3n) is 4.24. The van der Waals surface area contributed by atoms with Crippen LogP contribution in [0.4, 0.5) is 0 Å². The summed E-state index contributed by atoms with van der Waals surface area (Å²) in [4.78, 5) is 1.08. The largest absolute Gasteiger partial charge is 0.310 e. The first-order chi connectivity index (χ1) is 9.46. The molecule has 2 fully saturated rings. The number of hydrogen-bond donors (Lipinski definition) is 1. The minimum Gasteiger partial charge on any atom is -0.310 e. The van der Waals surface area contributed by atoms with Gasteiger partial charge in [-0.05, 0) is 37.3 Å². The average Bonchev–Trinajstić information content (AvgIpc) is 3.12. The van der Waals surface area contributed by atoms with Crippen molar-refractivity contribution in [3.63, 3.8) is 0 Å². The van der Waals surface area contributed by atoms with Crippen LogP contribution >= 0.6 is 11.3 Å². The topological polar surface area (TPSA) is 49.4 Å². The van der Waals surface area contributed by atoms with E-state index >= 15 is 0 Å². The predicted octanol–water partition coefficient (Wildman–Crippen LogP) is 2.42. The van der Waals surface area contributed by atoms with Crippen LogP contribution in [0.15, 0.2) is 16.3 Å². The second-order valence-corrected chi connectivity index (χ2v) is 9.45. The lowest BCUT2D eigenvalue weighted by Crippen LogP contribution is -2.37. The van der Waals surface area contributed by atoms with Gasteiger partial charge in [-0.25, -0.2) is 8.42 Å². The number of rotatable bonds is 5. The highest BCUT2D eigenvalue weighted by molar-refractivity contribution is 7.91. The number of sulfonamides is 1. The third kappa shape index (κ3) is 2.66. The number of nitrogens with zero attached hydrogens (tertiary/aromatic N) is 1. The Morgan fingerprint density at radius 1 is 1.40 bits per heavy atom. The van der Waals surface area contributed by atoms with E-state index in [4.69, 9.17) is 0 Å². The summed E-state index contributed by atoms with van der Waals surface area (Å²) in [6.45, 7) is 5.65. The van der Waals surface area contributed by atoms with Gasteiger partial charge in [-0.1, -0.05) is 13.8 Å². The second-order valence-electron chi connectivity index (χ2n) is 6.16. The molecule has 2 aliphatic rings. The molecule has 2 bridgehead atoms. The standard InChI is InChI=1S/C14H22N2O2S2/c1-10(2)15-8-13-5-6-14(19-13)20(17,18)16-9-11-3-4-12(16)7-11/h5-6,10-12,15H,3-4,7-9H2,1-2H3. The molecule has 0 radical (unpaired) electrons. The lowest BCUT2D eigenvalue weighted by Gasteiger charge is -2.25. The van der Waals surface area contributed by atoms with E-state index in [1.54, 1.807) is 10.4 Å². The Bertz CT molecular complexity index is 580. The maximum Gasteiger partial charge on any atom is 0.252 e. The fourth-order valence-corrected chi connectivity index (χ4v) is 6.36. The number of nitrogens with one attached hydrogen (secondary N) is 1. The molecule has 1 aliphatic carbocycles. The third-order valence-corrected chi connectivity index (χ3v) is 7.71. The first kappa shape index (κ1) is 14.5. The van der Waals surface area contributed by atoms with E-state index in [0.29, 0.717) is 16.2 Å². The van der Waals surface area contributed by atoms with Crippen LogP contribution in [0, 0.1) is 5.92 Å². The normalized spacial score (nSPS) is 26.8. The number of fused-ring (bicyclic) bond motifs is 2. The zero-order chi connectivity index (χ0) is 14.3. The average molecular weight is 314 g/mol. The summed E-state index contributed by atoms with van der Waals surface area (Å²) in [5.74, 6) is 0.594. The Morgan fingerprint density at radius 3 is 2.80 bits per heavy atom. The van der Waals surface area contributed by atoms with Gasteiger partial charge in [0, 0.05) is 30.1 Å². The van der Waals surface area contributed by atoms with E-state index in [1.165, 1.54) is 17.8 Å². The smallest absolute Gasteiger partial charge is 0.252 e. The molecule has 1 aromatic rings. The molecule has 2 unspecified atom stereocenters. The van der Waals surface area contributed by atoms with Crippen LogP contribution in [0.3, 0.4) is 0 Å². The van der Waals surface area contributed by atoms with Crippen molar-refractivity contribution >= 4 is 21.4 Å². The van der Waals surface area contributed by atoms with Crippen molar-refractivity contribution in [2.45, 2.75) is 55.9 Å². The van der Waals surface area contributed by atoms with E-state index < -0.39 is 10.0 Å². The molecular weight excluding hydrogens is 292 g/mol. The Morgan fingerprint density at radius 2 is 2.20 bits per heavy atom. The molecule has 4 nitrogen and oxygen atoms in total. The molecule has 1 saturated heterocycles. The van der Waals surface area contributed by atoms with Gasteiger partial charge >= 0.3 is 0 Å². The Kier molecular flexibility index (Phi) is 3.92. The van der Waals surface area contributed by atoms with Crippen molar-refractivity contribution in [2.75, 3.05) is 6.54 Å². The summed E-state index contributed by atoms with van der Waals surface area (Å²) >= 11 is 1.40. The predicted molar refractivity (Wildman–Crippen MR) is 81.3 cm³/mol. The summed E-state index contributed by atoms with van der Waals surface area (Å²) in [7, 11) is -3.26. The molecular formula is C14H22N2O2S2. The fourth-order valence-electron chi connectivity index (χ4n) is 3.19. The molecule has 20 heavy (non-hydrogen) atoms. The first-order valence-electron chi connectivity index (χ1n) is 7.31. The highest BCUT2D eigenvalue weighted by Gasteiger charge is 2.44. The molecule has 1 saturated carbocycles. The molecule has 0 spiro atoms. The number of thiophene rings is 1. The van der Waals surface area contributed by atoms with Crippen LogP contribution in [-0.4, -0.2) is 31.4 Å². The molecule has 2 heterocycles. The van der Waals surface area contributed by atoms with Crippen molar-refractivity contribution in [1.82, 2.24) is 9.62 Å². The van der Waals surface area contributed by atoms with Crippen molar-refractivity contribution in [3.8, 4) is 0 Å². The molecule has 1 aliphatic heterocycles. The Labute approximate surface area is 125 Å². The first-order valence-corrected chi connectivity index (χ1v) is 9.56. The molecule has 3 rings (SSSR count). The molecule has 112 valence electrons. The van der Waals surface area contributed by atoms with Crippen molar-refractivity contribution in [1.29, 1.82) is 0 Å². The molecule has 6 heteroatoms. The van der Waals surface area contributed by atoms with Gasteiger partial charge in [-0.3, -0.25) is 0 Å². The maximum atomic E-state index is 12.7. The van der Waals surface area contributed by atoms with Crippen LogP contribution in [0.1, 0.15) is 38.0 Å². The van der Waals surface area contributed by atoms with Gasteiger partial charge in [0.2, 0.25) is 0 Å². The fraction of sp³-hybridized carbons (Fsp3) is 0.714. The summed E-state index contributed by atoms with van der Waals surface area (Å²) in [6.07, 6.45) is 3.30. The monoisotopic (exact) mass is 314 g/mol. The molecule has 0 aromatic carbocycles. The van der Waals surface area contributed by atoms with Crippen LogP contribution < -0.4 is 5.32 Å². The quantitative estimate of drug-likeness (QED) is 0.908. The van der Waals surface area contributed by atoms with Gasteiger partial charge in [-0.2, -0.15) is 4.31 Å². The van der Waals surface area contributed by atoms with Gasteiger partial charge in [-0.15, -0.1) is 11.3 Å². The van der Waals surface area contributed by atoms with Crippen LogP contribution in [0.5, 0.6) is 0 Å². The summed E-state index contributed by atoms with van der Waals surface area (Å²) in [5.41, 5.74) is 0. The van der Waals surface area contributed by atoms with Gasteiger partial charge in [0.05, 0.1) is 0 Å². The molecule has 0 amide bonds. The Balaban J connectivity index is 1.75. The zero-order valence-electron chi connectivity index (χ0n) is 12.0. The van der Waals surface area contributed by atoms with E-state index in [0.717, 1.165) is 30.8 Å². The van der Waals surface area contributed by atoms with E-state index in [-0.39, 0.29) is 6.04 Å². The zero-order valence-corrected chi connectivity index (χ0v) is 13.6. The van der Waals surface area contributed by atoms with Gasteiger partial charge in [0.25, 0.3) is 10.0 Å².